The summed E-state index contributed by atoms with van der Waals surface area (Å²) in [6.07, 6.45) is 0. The van der Waals surface area contributed by atoms with Crippen LogP contribution < -0.4 is 15.4 Å². The zero-order valence-electron chi connectivity index (χ0n) is 13.9. The Morgan fingerprint density at radius 1 is 1.17 bits per heavy atom. The van der Waals surface area contributed by atoms with E-state index in [4.69, 9.17) is 4.74 Å². The molecule has 24 heavy (non-hydrogen) atoms. The number of nitrogens with one attached hydrogen (secondary N) is 2. The molecule has 0 unspecified atom stereocenters. The van der Waals surface area contributed by atoms with Crippen molar-refractivity contribution in [2.45, 2.75) is 18.4 Å². The Morgan fingerprint density at radius 3 is 2.71 bits per heavy atom. The van der Waals surface area contributed by atoms with E-state index in [1.165, 1.54) is 11.8 Å². The van der Waals surface area contributed by atoms with Crippen LogP contribution in [0, 0.1) is 0 Å². The van der Waals surface area contributed by atoms with Gasteiger partial charge in [-0.25, -0.2) is 0 Å². The predicted molar refractivity (Wildman–Crippen MR) is 103 cm³/mol. The lowest BCUT2D eigenvalue weighted by Crippen LogP contribution is -2.18. The van der Waals surface area contributed by atoms with Crippen LogP contribution in [0.5, 0.6) is 5.75 Å². The van der Waals surface area contributed by atoms with Crippen molar-refractivity contribution in [1.29, 1.82) is 0 Å². The number of rotatable bonds is 8. The fraction of sp³-hybridized carbons (Fsp3) is 0.278. The quantitative estimate of drug-likeness (QED) is 0.694. The van der Waals surface area contributed by atoms with Gasteiger partial charge in [0.15, 0.2) is 0 Å². The van der Waals surface area contributed by atoms with E-state index in [0.717, 1.165) is 35.0 Å². The lowest BCUT2D eigenvalue weighted by Gasteiger charge is -2.11. The molecule has 0 fully saturated rings. The third-order valence-electron chi connectivity index (χ3n) is 3.27. The van der Waals surface area contributed by atoms with Gasteiger partial charge in [-0.2, -0.15) is 0 Å². The average Bonchev–Trinajstić information content (AvgIpc) is 2.59. The van der Waals surface area contributed by atoms with E-state index in [1.807, 2.05) is 48.5 Å². The lowest BCUT2D eigenvalue weighted by molar-refractivity contribution is -0.113. The average molecular weight is 367 g/mol. The molecule has 0 spiro atoms. The van der Waals surface area contributed by atoms with Crippen molar-refractivity contribution in [2.75, 3.05) is 24.7 Å². The molecule has 0 aliphatic carbocycles. The molecule has 0 aliphatic rings. The number of thioether (sulfide) groups is 1. The van der Waals surface area contributed by atoms with Crippen molar-refractivity contribution >= 4 is 35.8 Å². The fourth-order valence-corrected chi connectivity index (χ4v) is 2.83. The summed E-state index contributed by atoms with van der Waals surface area (Å²) in [5.41, 5.74) is 1.96. The number of ether oxygens (including phenoxy) is 1. The molecule has 0 aromatic heterocycles. The number of hydrogen-bond acceptors (Lipinski definition) is 4. The van der Waals surface area contributed by atoms with E-state index in [1.54, 1.807) is 7.11 Å². The Labute approximate surface area is 153 Å². The number of anilines is 1. The van der Waals surface area contributed by atoms with Gasteiger partial charge in [0.1, 0.15) is 5.75 Å². The SMILES string of the molecule is CCNCc1ccccc1NC(=O)CSc1cccc(OC)c1.Cl. The third kappa shape index (κ3) is 6.43. The molecule has 2 rings (SSSR count). The van der Waals surface area contributed by atoms with E-state index in [2.05, 4.69) is 17.6 Å². The van der Waals surface area contributed by atoms with Crippen LogP contribution in [0.15, 0.2) is 53.4 Å². The van der Waals surface area contributed by atoms with E-state index in [9.17, 15) is 4.79 Å². The second-order valence-corrected chi connectivity index (χ2v) is 6.00. The number of benzene rings is 2. The minimum absolute atomic E-state index is 0. The molecular formula is C18H23ClN2O2S. The second kappa shape index (κ2) is 11.0. The summed E-state index contributed by atoms with van der Waals surface area (Å²) in [7, 11) is 1.64. The molecule has 2 aromatic carbocycles. The first-order chi connectivity index (χ1) is 11.2. The van der Waals surface area contributed by atoms with Gasteiger partial charge in [-0.1, -0.05) is 31.2 Å². The molecule has 1 amide bonds. The van der Waals surface area contributed by atoms with Crippen LogP contribution in [0.2, 0.25) is 0 Å². The number of hydrogen-bond donors (Lipinski definition) is 2. The summed E-state index contributed by atoms with van der Waals surface area (Å²) in [5, 5.41) is 6.27. The van der Waals surface area contributed by atoms with Crippen LogP contribution in [0.3, 0.4) is 0 Å². The van der Waals surface area contributed by atoms with Gasteiger partial charge >= 0.3 is 0 Å². The smallest absolute Gasteiger partial charge is 0.234 e. The third-order valence-corrected chi connectivity index (χ3v) is 4.26. The molecule has 0 saturated carbocycles. The Hall–Kier alpha value is -1.69. The van der Waals surface area contributed by atoms with Crippen LogP contribution in [0.4, 0.5) is 5.69 Å². The summed E-state index contributed by atoms with van der Waals surface area (Å²) in [4.78, 5) is 13.2. The molecule has 130 valence electrons. The summed E-state index contributed by atoms with van der Waals surface area (Å²) in [6.45, 7) is 3.70. The summed E-state index contributed by atoms with van der Waals surface area (Å²) >= 11 is 1.49. The van der Waals surface area contributed by atoms with E-state index >= 15 is 0 Å². The van der Waals surface area contributed by atoms with Gasteiger partial charge in [0.05, 0.1) is 12.9 Å². The Morgan fingerprint density at radius 2 is 1.96 bits per heavy atom. The number of amides is 1. The van der Waals surface area contributed by atoms with Crippen LogP contribution in [0.1, 0.15) is 12.5 Å². The molecular weight excluding hydrogens is 344 g/mol. The van der Waals surface area contributed by atoms with Crippen LogP contribution in [-0.2, 0) is 11.3 Å². The van der Waals surface area contributed by atoms with Gasteiger partial charge in [0.25, 0.3) is 0 Å². The highest BCUT2D eigenvalue weighted by molar-refractivity contribution is 8.00. The predicted octanol–water partition coefficient (Wildman–Crippen LogP) is 3.96. The van der Waals surface area contributed by atoms with E-state index in [-0.39, 0.29) is 18.3 Å². The fourth-order valence-electron chi connectivity index (χ4n) is 2.08. The van der Waals surface area contributed by atoms with E-state index in [0.29, 0.717) is 5.75 Å². The largest absolute Gasteiger partial charge is 0.497 e. The number of methoxy groups -OCH3 is 1. The first-order valence-corrected chi connectivity index (χ1v) is 8.56. The summed E-state index contributed by atoms with van der Waals surface area (Å²) in [5.74, 6) is 1.15. The normalized spacial score (nSPS) is 9.92. The van der Waals surface area contributed by atoms with Crippen molar-refractivity contribution in [3.8, 4) is 5.75 Å². The molecule has 0 bridgehead atoms. The van der Waals surface area contributed by atoms with Crippen LogP contribution in [-0.4, -0.2) is 25.3 Å². The first kappa shape index (κ1) is 20.4. The van der Waals surface area contributed by atoms with Crippen molar-refractivity contribution in [2.24, 2.45) is 0 Å². The van der Waals surface area contributed by atoms with Gasteiger partial charge in [-0.15, -0.1) is 24.2 Å². The zero-order valence-corrected chi connectivity index (χ0v) is 15.5. The number of carbonyl (C=O) groups is 1. The molecule has 0 radical (unpaired) electrons. The Kier molecular flexibility index (Phi) is 9.30. The van der Waals surface area contributed by atoms with Crippen molar-refractivity contribution in [3.05, 3.63) is 54.1 Å². The molecule has 0 saturated heterocycles. The van der Waals surface area contributed by atoms with Crippen molar-refractivity contribution in [1.82, 2.24) is 5.32 Å². The molecule has 6 heteroatoms. The highest BCUT2D eigenvalue weighted by Gasteiger charge is 2.07. The van der Waals surface area contributed by atoms with Gasteiger partial charge in [0, 0.05) is 17.1 Å². The Balaban J connectivity index is 0.00000288. The lowest BCUT2D eigenvalue weighted by atomic mass is 10.1. The molecule has 0 aliphatic heterocycles. The second-order valence-electron chi connectivity index (χ2n) is 4.95. The zero-order chi connectivity index (χ0) is 16.5. The maximum atomic E-state index is 12.2. The van der Waals surface area contributed by atoms with Crippen molar-refractivity contribution in [3.63, 3.8) is 0 Å². The molecule has 2 aromatic rings. The summed E-state index contributed by atoms with van der Waals surface area (Å²) < 4.78 is 5.19. The number of carbonyl (C=O) groups excluding carboxylic acids is 1. The Bertz CT molecular complexity index is 652. The maximum absolute atomic E-state index is 12.2. The molecule has 4 nitrogen and oxygen atoms in total. The standard InChI is InChI=1S/C18H22N2O2S.ClH/c1-3-19-12-14-7-4-5-10-17(14)20-18(21)13-23-16-9-6-8-15(11-16)22-2;/h4-11,19H,3,12-13H2,1-2H3,(H,20,21);1H. The molecule has 0 heterocycles. The van der Waals surface area contributed by atoms with Gasteiger partial charge in [-0.05, 0) is 36.4 Å². The molecule has 2 N–H and O–H groups in total. The number of para-hydroxylation sites is 1. The first-order valence-electron chi connectivity index (χ1n) is 7.58. The van der Waals surface area contributed by atoms with Gasteiger partial charge in [0.2, 0.25) is 5.91 Å². The maximum Gasteiger partial charge on any atom is 0.234 e. The van der Waals surface area contributed by atoms with Gasteiger partial charge in [-0.3, -0.25) is 4.79 Å². The highest BCUT2D eigenvalue weighted by Crippen LogP contribution is 2.23. The van der Waals surface area contributed by atoms with Gasteiger partial charge < -0.3 is 15.4 Å². The van der Waals surface area contributed by atoms with E-state index < -0.39 is 0 Å². The summed E-state index contributed by atoms with van der Waals surface area (Å²) in [6, 6.07) is 15.6. The number of halogens is 1. The highest BCUT2D eigenvalue weighted by atomic mass is 35.5. The molecule has 0 atom stereocenters. The minimum atomic E-state index is -0.0123. The monoisotopic (exact) mass is 366 g/mol. The van der Waals surface area contributed by atoms with Crippen LogP contribution in [0.25, 0.3) is 0 Å². The van der Waals surface area contributed by atoms with Crippen LogP contribution >= 0.6 is 24.2 Å². The minimum Gasteiger partial charge on any atom is -0.497 e. The van der Waals surface area contributed by atoms with Crippen molar-refractivity contribution < 1.29 is 9.53 Å². The topological polar surface area (TPSA) is 50.4 Å².